The average molecular weight is 276 g/mol. The first-order chi connectivity index (χ1) is 8.31. The van der Waals surface area contributed by atoms with Crippen molar-refractivity contribution in [2.24, 2.45) is 5.16 Å². The van der Waals surface area contributed by atoms with Crippen LogP contribution in [0.5, 0.6) is 0 Å². The molecule has 0 aromatic heterocycles. The number of quaternary nitrogens is 1. The third-order valence-electron chi connectivity index (χ3n) is 3.59. The largest absolute Gasteiger partial charge is 1.00 e. The SMILES string of the molecule is CN1C=C[NH+](COC2CCCCC2)C1/C=N\O.[Cl-]. The van der Waals surface area contributed by atoms with Gasteiger partial charge in [-0.05, 0) is 12.8 Å². The van der Waals surface area contributed by atoms with Crippen LogP contribution in [-0.4, -0.2) is 42.4 Å². The zero-order valence-electron chi connectivity index (χ0n) is 10.8. The maximum atomic E-state index is 8.64. The van der Waals surface area contributed by atoms with E-state index >= 15 is 0 Å². The number of oxime groups is 1. The second kappa shape index (κ2) is 7.61. The Balaban J connectivity index is 0.00000162. The van der Waals surface area contributed by atoms with Crippen molar-refractivity contribution >= 4 is 6.21 Å². The first-order valence-electron chi connectivity index (χ1n) is 6.36. The van der Waals surface area contributed by atoms with Crippen LogP contribution in [0.1, 0.15) is 32.1 Å². The Kier molecular flexibility index (Phi) is 6.46. The molecule has 1 fully saturated rings. The lowest BCUT2D eigenvalue weighted by atomic mass is 9.98. The minimum Gasteiger partial charge on any atom is -1.00 e. The summed E-state index contributed by atoms with van der Waals surface area (Å²) in [4.78, 5) is 3.18. The van der Waals surface area contributed by atoms with Crippen molar-refractivity contribution in [3.63, 3.8) is 0 Å². The number of hydrogen-bond donors (Lipinski definition) is 2. The van der Waals surface area contributed by atoms with Gasteiger partial charge in [-0.3, -0.25) is 4.90 Å². The Hall–Kier alpha value is -0.780. The van der Waals surface area contributed by atoms with Gasteiger partial charge in [0.1, 0.15) is 12.4 Å². The van der Waals surface area contributed by atoms with Gasteiger partial charge in [0.05, 0.1) is 12.3 Å². The van der Waals surface area contributed by atoms with Crippen LogP contribution in [0.4, 0.5) is 0 Å². The van der Waals surface area contributed by atoms with Crippen LogP contribution in [0, 0.1) is 0 Å². The second-order valence-corrected chi connectivity index (χ2v) is 4.84. The highest BCUT2D eigenvalue weighted by atomic mass is 35.5. The van der Waals surface area contributed by atoms with Crippen molar-refractivity contribution in [3.05, 3.63) is 12.4 Å². The van der Waals surface area contributed by atoms with Gasteiger partial charge >= 0.3 is 0 Å². The second-order valence-electron chi connectivity index (χ2n) is 4.84. The molecular weight excluding hydrogens is 254 g/mol. The van der Waals surface area contributed by atoms with Crippen LogP contribution in [0.25, 0.3) is 0 Å². The highest BCUT2D eigenvalue weighted by Gasteiger charge is 2.28. The lowest BCUT2D eigenvalue weighted by Gasteiger charge is -2.25. The van der Waals surface area contributed by atoms with Crippen LogP contribution in [0.3, 0.4) is 0 Å². The van der Waals surface area contributed by atoms with Crippen molar-refractivity contribution in [1.82, 2.24) is 4.90 Å². The molecule has 0 spiro atoms. The van der Waals surface area contributed by atoms with Crippen LogP contribution in [0.15, 0.2) is 17.6 Å². The molecular formula is C12H22ClN3O2. The zero-order chi connectivity index (χ0) is 12.1. The molecule has 0 amide bonds. The molecule has 2 N–H and O–H groups in total. The van der Waals surface area contributed by atoms with E-state index in [2.05, 4.69) is 11.4 Å². The maximum Gasteiger partial charge on any atom is 0.209 e. The van der Waals surface area contributed by atoms with Gasteiger partial charge in [-0.25, -0.2) is 0 Å². The van der Waals surface area contributed by atoms with Crippen LogP contribution < -0.4 is 17.3 Å². The summed E-state index contributed by atoms with van der Waals surface area (Å²) in [5.41, 5.74) is 0. The lowest BCUT2D eigenvalue weighted by Crippen LogP contribution is -3.12. The van der Waals surface area contributed by atoms with E-state index in [4.69, 9.17) is 9.94 Å². The number of nitrogens with one attached hydrogen (secondary N) is 1. The highest BCUT2D eigenvalue weighted by Crippen LogP contribution is 2.19. The van der Waals surface area contributed by atoms with E-state index in [1.807, 2.05) is 18.1 Å². The Bertz CT molecular complexity index is 293. The quantitative estimate of drug-likeness (QED) is 0.336. The molecule has 2 atom stereocenters. The molecule has 0 radical (unpaired) electrons. The van der Waals surface area contributed by atoms with Crippen molar-refractivity contribution in [2.75, 3.05) is 13.8 Å². The first kappa shape index (κ1) is 15.3. The van der Waals surface area contributed by atoms with Gasteiger partial charge in [0, 0.05) is 7.05 Å². The number of ether oxygens (including phenoxy) is 1. The molecule has 1 aliphatic carbocycles. The summed E-state index contributed by atoms with van der Waals surface area (Å²) in [7, 11) is 1.97. The van der Waals surface area contributed by atoms with Crippen molar-refractivity contribution in [1.29, 1.82) is 0 Å². The predicted octanol–water partition coefficient (Wildman–Crippen LogP) is -2.62. The smallest absolute Gasteiger partial charge is 0.209 e. The maximum absolute atomic E-state index is 8.64. The van der Waals surface area contributed by atoms with Crippen molar-refractivity contribution in [3.8, 4) is 0 Å². The third-order valence-corrected chi connectivity index (χ3v) is 3.59. The van der Waals surface area contributed by atoms with E-state index < -0.39 is 0 Å². The summed E-state index contributed by atoms with van der Waals surface area (Å²) in [6, 6.07) is 0. The third kappa shape index (κ3) is 3.86. The molecule has 0 saturated heterocycles. The van der Waals surface area contributed by atoms with Gasteiger partial charge in [0.25, 0.3) is 0 Å². The summed E-state index contributed by atoms with van der Waals surface area (Å²) >= 11 is 0. The van der Waals surface area contributed by atoms with Crippen molar-refractivity contribution in [2.45, 2.75) is 44.4 Å². The summed E-state index contributed by atoms with van der Waals surface area (Å²) in [5.74, 6) is 0. The van der Waals surface area contributed by atoms with E-state index in [-0.39, 0.29) is 18.6 Å². The molecule has 0 aromatic rings. The molecule has 2 rings (SSSR count). The fourth-order valence-electron chi connectivity index (χ4n) is 2.51. The molecule has 104 valence electrons. The Labute approximate surface area is 114 Å². The predicted molar refractivity (Wildman–Crippen MR) is 64.8 cm³/mol. The van der Waals surface area contributed by atoms with Gasteiger partial charge in [-0.15, -0.1) is 0 Å². The summed E-state index contributed by atoms with van der Waals surface area (Å²) < 4.78 is 5.93. The van der Waals surface area contributed by atoms with E-state index in [1.165, 1.54) is 32.1 Å². The Morgan fingerprint density at radius 2 is 2.17 bits per heavy atom. The van der Waals surface area contributed by atoms with Gasteiger partial charge in [0.2, 0.25) is 6.17 Å². The average Bonchev–Trinajstić information content (AvgIpc) is 2.70. The van der Waals surface area contributed by atoms with Crippen LogP contribution in [0.2, 0.25) is 0 Å². The minimum atomic E-state index is 0. The normalized spacial score (nSPS) is 28.8. The Morgan fingerprint density at radius 1 is 1.44 bits per heavy atom. The number of halogens is 1. The monoisotopic (exact) mass is 275 g/mol. The fraction of sp³-hybridized carbons (Fsp3) is 0.750. The summed E-state index contributed by atoms with van der Waals surface area (Å²) in [6.45, 7) is 0.641. The standard InChI is InChI=1S/C12H21N3O2.ClH/c1-14-7-8-15(12(14)9-13-16)10-17-11-5-3-2-4-6-11;/h7-9,11-12,16H,2-6,10H2,1H3;1H/b13-9-;. The molecule has 0 bridgehead atoms. The molecule has 2 unspecified atom stereocenters. The van der Waals surface area contributed by atoms with E-state index in [1.54, 1.807) is 6.21 Å². The zero-order valence-corrected chi connectivity index (χ0v) is 11.5. The lowest BCUT2D eigenvalue weighted by molar-refractivity contribution is -0.886. The highest BCUT2D eigenvalue weighted by molar-refractivity contribution is 5.61. The molecule has 1 heterocycles. The molecule has 6 heteroatoms. The Morgan fingerprint density at radius 3 is 2.83 bits per heavy atom. The fourth-order valence-corrected chi connectivity index (χ4v) is 2.51. The van der Waals surface area contributed by atoms with Crippen molar-refractivity contribution < 1.29 is 27.3 Å². The molecule has 5 nitrogen and oxygen atoms in total. The van der Waals surface area contributed by atoms with Gasteiger partial charge in [-0.2, -0.15) is 0 Å². The van der Waals surface area contributed by atoms with Gasteiger partial charge < -0.3 is 27.3 Å². The van der Waals surface area contributed by atoms with E-state index in [0.29, 0.717) is 12.8 Å². The number of rotatable bonds is 4. The molecule has 0 aromatic carbocycles. The summed E-state index contributed by atoms with van der Waals surface area (Å²) in [5, 5.41) is 11.8. The van der Waals surface area contributed by atoms with Gasteiger partial charge in [0.15, 0.2) is 6.73 Å². The number of hydrogen-bond acceptors (Lipinski definition) is 4. The van der Waals surface area contributed by atoms with Gasteiger partial charge in [-0.1, -0.05) is 24.4 Å². The first-order valence-corrected chi connectivity index (χ1v) is 6.36. The molecule has 1 aliphatic heterocycles. The molecule has 1 saturated carbocycles. The van der Waals surface area contributed by atoms with E-state index in [9.17, 15) is 0 Å². The molecule has 2 aliphatic rings. The van der Waals surface area contributed by atoms with Crippen LogP contribution >= 0.6 is 0 Å². The topological polar surface area (TPSA) is 49.5 Å². The van der Waals surface area contributed by atoms with E-state index in [0.717, 1.165) is 4.90 Å². The summed E-state index contributed by atoms with van der Waals surface area (Å²) in [6.07, 6.45) is 12.3. The van der Waals surface area contributed by atoms with Crippen LogP contribution in [-0.2, 0) is 4.74 Å². The minimum absolute atomic E-state index is 0. The number of nitrogens with zero attached hydrogens (tertiary/aromatic N) is 2. The molecule has 18 heavy (non-hydrogen) atoms.